The average Bonchev–Trinajstić information content (AvgIpc) is 3.90. The third-order valence-corrected chi connectivity index (χ3v) is 18.6. The van der Waals surface area contributed by atoms with Gasteiger partial charge in [-0.15, -0.1) is 0 Å². The summed E-state index contributed by atoms with van der Waals surface area (Å²) in [5.41, 5.74) is 9.01. The number of hydrogen-bond donors (Lipinski definition) is 0. The van der Waals surface area contributed by atoms with Crippen LogP contribution in [0.4, 0.5) is 0 Å². The Morgan fingerprint density at radius 3 is 1.46 bits per heavy atom. The fourth-order valence-corrected chi connectivity index (χ4v) is 15.7. The van der Waals surface area contributed by atoms with Crippen molar-refractivity contribution >= 4 is 62.2 Å². The molecule has 9 rings (SSSR count). The smallest absolute Gasteiger partial charge is 0.226 e. The van der Waals surface area contributed by atoms with Crippen LogP contribution in [0.15, 0.2) is 216 Å². The second-order valence-corrected chi connectivity index (χ2v) is 21.2. The number of benzene rings is 8. The first kappa shape index (κ1) is 48.4. The first-order valence-electron chi connectivity index (χ1n) is 23.6. The monoisotopic (exact) mass is 1120 g/mol. The normalized spacial score (nSPS) is 14.6. The summed E-state index contributed by atoms with van der Waals surface area (Å²) < 4.78 is 3.81. The molecule has 0 spiro atoms. The Morgan fingerprint density at radius 1 is 0.569 bits per heavy atom. The maximum absolute atomic E-state index is 10.4. The molecular formula is C66H45N4OsP+. The molecule has 0 atom stereocenters. The Morgan fingerprint density at radius 2 is 1.03 bits per heavy atom. The molecule has 1 aliphatic rings. The van der Waals surface area contributed by atoms with E-state index in [1.54, 1.807) is 17.9 Å². The van der Waals surface area contributed by atoms with Gasteiger partial charge in [-0.05, 0) is 45.8 Å². The molecule has 8 aromatic rings. The number of rotatable bonds is 8. The molecule has 6 heteroatoms. The molecule has 0 saturated heterocycles. The van der Waals surface area contributed by atoms with Crippen LogP contribution in [0.3, 0.4) is 0 Å². The molecule has 0 aliphatic heterocycles. The van der Waals surface area contributed by atoms with Crippen molar-refractivity contribution < 1.29 is 17.9 Å². The van der Waals surface area contributed by atoms with Gasteiger partial charge in [-0.2, -0.15) is 0 Å². The Labute approximate surface area is 432 Å². The van der Waals surface area contributed by atoms with Crippen molar-refractivity contribution in [3.8, 4) is 50.6 Å². The summed E-state index contributed by atoms with van der Waals surface area (Å²) in [4.78, 5) is 7.41. The quantitative estimate of drug-likeness (QED) is 0.0659. The predicted molar refractivity (Wildman–Crippen MR) is 296 cm³/mol. The summed E-state index contributed by atoms with van der Waals surface area (Å²) in [5.74, 6) is 7.32. The number of nitrogens with zero attached hydrogens (tertiary/aromatic N) is 4. The molecule has 1 aliphatic carbocycles. The van der Waals surface area contributed by atoms with E-state index >= 15 is 0 Å². The van der Waals surface area contributed by atoms with Crippen LogP contribution in [0, 0.1) is 52.0 Å². The maximum atomic E-state index is 10.4. The van der Waals surface area contributed by atoms with Crippen molar-refractivity contribution in [1.29, 1.82) is 10.5 Å². The SMILES string of the molecule is [C-]#[N+]/C(C#N)=c1\c2cc(-c3ccc(C#CC(C=C4CCCC4=CC)=C([C]#[Os])[P+](c4ccccc4)(c4ccccc4)c4ccccc4)cc3)ccc2/c(=C(/C#N)[N+]#[C-])c2cc(-c3ccc(/C=C/C)cc3)ccc12. The van der Waals surface area contributed by atoms with Crippen LogP contribution in [0.1, 0.15) is 44.2 Å². The first-order valence-corrected chi connectivity index (χ1v) is 26.7. The number of fused-ring (bicyclic) bond motifs is 2. The fourth-order valence-electron chi connectivity index (χ4n) is 9.94. The predicted octanol–water partition coefficient (Wildman–Crippen LogP) is 13.6. The Bertz CT molecular complexity index is 3860. The minimum atomic E-state index is -2.53. The molecule has 0 unspecified atom stereocenters. The summed E-state index contributed by atoms with van der Waals surface area (Å²) in [7, 11) is -2.53. The molecule has 8 aromatic carbocycles. The summed E-state index contributed by atoms with van der Waals surface area (Å²) >= 11 is 1.76. The van der Waals surface area contributed by atoms with E-state index in [-0.39, 0.29) is 11.4 Å². The van der Waals surface area contributed by atoms with Gasteiger partial charge < -0.3 is 0 Å². The Kier molecular flexibility index (Phi) is 14.8. The van der Waals surface area contributed by atoms with Crippen molar-refractivity contribution in [2.24, 2.45) is 0 Å². The van der Waals surface area contributed by atoms with Crippen molar-refractivity contribution in [1.82, 2.24) is 0 Å². The third kappa shape index (κ3) is 9.26. The van der Waals surface area contributed by atoms with Gasteiger partial charge in [0.05, 0.1) is 25.3 Å². The number of hydrogen-bond acceptors (Lipinski definition) is 2. The van der Waals surface area contributed by atoms with Crippen LogP contribution in [0.2, 0.25) is 0 Å². The van der Waals surface area contributed by atoms with Crippen LogP contribution in [0.5, 0.6) is 0 Å². The molecule has 341 valence electrons. The van der Waals surface area contributed by atoms with Crippen LogP contribution < -0.4 is 26.4 Å². The average molecular weight is 1120 g/mol. The molecule has 1 saturated carbocycles. The molecule has 72 heavy (non-hydrogen) atoms. The van der Waals surface area contributed by atoms with Gasteiger partial charge >= 0.3 is 273 Å². The summed E-state index contributed by atoms with van der Waals surface area (Å²) in [6, 6.07) is 64.9. The van der Waals surface area contributed by atoms with Gasteiger partial charge in [-0.3, -0.25) is 0 Å². The van der Waals surface area contributed by atoms with E-state index in [0.29, 0.717) is 32.0 Å². The van der Waals surface area contributed by atoms with Gasteiger partial charge in [0.1, 0.15) is 0 Å². The molecule has 0 N–H and O–H groups in total. The Balaban J connectivity index is 1.22. The molecule has 0 bridgehead atoms. The molecule has 4 nitrogen and oxygen atoms in total. The van der Waals surface area contributed by atoms with Gasteiger partial charge in [0.15, 0.2) is 0 Å². The van der Waals surface area contributed by atoms with Crippen molar-refractivity contribution in [3.63, 3.8) is 0 Å². The first-order chi connectivity index (χ1) is 35.4. The van der Waals surface area contributed by atoms with Crippen LogP contribution in [0.25, 0.3) is 71.0 Å². The van der Waals surface area contributed by atoms with E-state index in [4.69, 9.17) is 13.1 Å². The van der Waals surface area contributed by atoms with E-state index in [2.05, 4.69) is 148 Å². The molecule has 1 fully saturated rings. The van der Waals surface area contributed by atoms with E-state index in [0.717, 1.165) is 63.5 Å². The van der Waals surface area contributed by atoms with Crippen molar-refractivity contribution in [2.45, 2.75) is 33.1 Å². The van der Waals surface area contributed by atoms with Crippen molar-refractivity contribution in [2.75, 3.05) is 0 Å². The van der Waals surface area contributed by atoms with Crippen LogP contribution >= 0.6 is 7.26 Å². The summed E-state index contributed by atoms with van der Waals surface area (Å²) in [5, 5.41) is 29.0. The van der Waals surface area contributed by atoms with Crippen LogP contribution in [-0.2, 0) is 17.9 Å². The second kappa shape index (κ2) is 22.0. The van der Waals surface area contributed by atoms with E-state index in [1.165, 1.54) is 27.1 Å². The zero-order valence-electron chi connectivity index (χ0n) is 39.8. The zero-order valence-corrected chi connectivity index (χ0v) is 43.2. The summed E-state index contributed by atoms with van der Waals surface area (Å²) in [6.45, 7) is 20.3. The minimum Gasteiger partial charge on any atom is -0.226 e. The molecule has 0 aromatic heterocycles. The zero-order chi connectivity index (χ0) is 50.0. The molecule has 0 amide bonds. The number of nitriles is 2. The van der Waals surface area contributed by atoms with E-state index in [9.17, 15) is 10.5 Å². The van der Waals surface area contributed by atoms with E-state index < -0.39 is 7.26 Å². The van der Waals surface area contributed by atoms with Gasteiger partial charge in [0.25, 0.3) is 11.4 Å². The van der Waals surface area contributed by atoms with Gasteiger partial charge in [-0.1, -0.05) is 48.6 Å². The van der Waals surface area contributed by atoms with Gasteiger partial charge in [0, 0.05) is 10.4 Å². The van der Waals surface area contributed by atoms with Gasteiger partial charge in [0.2, 0.25) is 0 Å². The molecule has 0 radical (unpaired) electrons. The van der Waals surface area contributed by atoms with Crippen LogP contribution in [-0.4, -0.2) is 0 Å². The number of allylic oxidation sites excluding steroid dienone is 7. The molecular weight excluding hydrogens is 1070 g/mol. The summed E-state index contributed by atoms with van der Waals surface area (Å²) in [6.07, 6.45) is 11.7. The van der Waals surface area contributed by atoms with Crippen molar-refractivity contribution in [3.05, 3.63) is 261 Å². The topological polar surface area (TPSA) is 56.3 Å². The fraction of sp³-hybridized carbons (Fsp3) is 0.0758. The standard InChI is InChI=1S/C66H45N4P.Os/c1-6-18-47-27-32-50(33-28-47)54-37-39-59-61(42-54)65(63(44-67)69-4)60-40-38-55(43-62(60)66(59)64(45-68)70-5)51-34-29-48(30-35-51)31-36-52(41-53-20-17-19-49(53)7-2)46(3)71(56-21-11-8-12-22-56,57-23-13-9-14-24-57)58-25-15-10-16-26-58;/h6-16,18,21-30,32-35,37-43H,17,19-20H2,1-2H3;/q+1;/b18-6+,49-7?,52-46?,53-41?,65-63+,66-64-;. The Hall–Kier alpha value is -8.65. The molecule has 0 heterocycles. The minimum absolute atomic E-state index is 0.0642. The second-order valence-electron chi connectivity index (χ2n) is 17.2. The van der Waals surface area contributed by atoms with Gasteiger partial charge in [-0.25, -0.2) is 20.2 Å². The van der Waals surface area contributed by atoms with E-state index in [1.807, 2.05) is 104 Å². The third-order valence-electron chi connectivity index (χ3n) is 13.3.